The van der Waals surface area contributed by atoms with E-state index in [1.807, 2.05) is 24.3 Å². The van der Waals surface area contributed by atoms with Gasteiger partial charge < -0.3 is 0 Å². The molecule has 0 aromatic heterocycles. The minimum atomic E-state index is -0.395. The van der Waals surface area contributed by atoms with E-state index in [4.69, 9.17) is 0 Å². The lowest BCUT2D eigenvalue weighted by molar-refractivity contribution is -0.115. The monoisotopic (exact) mass is 280 g/mol. The van der Waals surface area contributed by atoms with E-state index in [2.05, 4.69) is 21.2 Å². The Morgan fingerprint density at radius 1 is 1.25 bits per heavy atom. The number of hydrogen-bond acceptors (Lipinski definition) is 2. The third-order valence-electron chi connectivity index (χ3n) is 2.29. The number of amides is 3. The lowest BCUT2D eigenvalue weighted by Gasteiger charge is -2.06. The zero-order chi connectivity index (χ0) is 11.7. The highest BCUT2D eigenvalue weighted by atomic mass is 79.9. The van der Waals surface area contributed by atoms with E-state index in [-0.39, 0.29) is 5.91 Å². The maximum atomic E-state index is 11.4. The van der Waals surface area contributed by atoms with Crippen LogP contribution in [0.4, 0.5) is 4.79 Å². The molecule has 1 heterocycles. The lowest BCUT2D eigenvalue weighted by atomic mass is 10.2. The molecular weight excluding hydrogens is 272 g/mol. The van der Waals surface area contributed by atoms with Crippen LogP contribution in [-0.4, -0.2) is 23.9 Å². The summed E-state index contributed by atoms with van der Waals surface area (Å²) in [6.45, 7) is 0. The molecule has 16 heavy (non-hydrogen) atoms. The van der Waals surface area contributed by atoms with E-state index in [0.29, 0.717) is 5.70 Å². The first-order chi connectivity index (χ1) is 7.58. The molecule has 1 fully saturated rings. The van der Waals surface area contributed by atoms with Crippen LogP contribution in [0.1, 0.15) is 5.56 Å². The number of carbonyl (C=O) groups excluding carboxylic acids is 2. The number of carbonyl (C=O) groups is 2. The molecule has 1 aliphatic rings. The van der Waals surface area contributed by atoms with Crippen molar-refractivity contribution in [2.45, 2.75) is 0 Å². The van der Waals surface area contributed by atoms with Gasteiger partial charge in [-0.3, -0.25) is 15.0 Å². The molecule has 0 bridgehead atoms. The Hall–Kier alpha value is -1.62. The van der Waals surface area contributed by atoms with Crippen molar-refractivity contribution in [3.63, 3.8) is 0 Å². The molecule has 0 saturated carbocycles. The summed E-state index contributed by atoms with van der Waals surface area (Å²) in [6, 6.07) is 7.08. The Bertz CT molecular complexity index is 479. The maximum Gasteiger partial charge on any atom is 0.328 e. The van der Waals surface area contributed by atoms with Crippen LogP contribution in [0.15, 0.2) is 34.4 Å². The van der Waals surface area contributed by atoms with E-state index in [1.54, 1.807) is 13.1 Å². The number of likely N-dealkylation sites (N-methyl/N-ethyl adjacent to an activating group) is 1. The van der Waals surface area contributed by atoms with Crippen molar-refractivity contribution in [1.82, 2.24) is 10.2 Å². The quantitative estimate of drug-likeness (QED) is 0.632. The second-order valence-electron chi connectivity index (χ2n) is 3.40. The number of hydrogen-bond donors (Lipinski definition) is 1. The molecule has 0 spiro atoms. The first-order valence-electron chi connectivity index (χ1n) is 4.64. The molecule has 82 valence electrons. The van der Waals surface area contributed by atoms with Crippen molar-refractivity contribution in [3.05, 3.63) is 40.0 Å². The largest absolute Gasteiger partial charge is 0.328 e. The fourth-order valence-corrected chi connectivity index (χ4v) is 1.65. The van der Waals surface area contributed by atoms with Gasteiger partial charge in [0, 0.05) is 11.5 Å². The van der Waals surface area contributed by atoms with Crippen LogP contribution < -0.4 is 5.32 Å². The highest BCUT2D eigenvalue weighted by Gasteiger charge is 2.29. The van der Waals surface area contributed by atoms with Gasteiger partial charge in [-0.2, -0.15) is 0 Å². The third-order valence-corrected chi connectivity index (χ3v) is 2.82. The van der Waals surface area contributed by atoms with Crippen molar-refractivity contribution in [2.75, 3.05) is 7.05 Å². The Labute approximate surface area is 101 Å². The molecule has 0 unspecified atom stereocenters. The minimum absolute atomic E-state index is 0.354. The highest BCUT2D eigenvalue weighted by molar-refractivity contribution is 9.10. The van der Waals surface area contributed by atoms with E-state index < -0.39 is 6.03 Å². The number of halogens is 1. The van der Waals surface area contributed by atoms with Gasteiger partial charge in [0.15, 0.2) is 0 Å². The Morgan fingerprint density at radius 3 is 2.38 bits per heavy atom. The standard InChI is InChI=1S/C11H9BrN2O2/c1-14-9(10(15)13-11(14)16)6-7-2-4-8(12)5-3-7/h2-6H,1H3,(H,13,15,16). The lowest BCUT2D eigenvalue weighted by Crippen LogP contribution is -2.24. The summed E-state index contributed by atoms with van der Waals surface area (Å²) in [4.78, 5) is 23.9. The van der Waals surface area contributed by atoms with Crippen LogP contribution in [0.25, 0.3) is 6.08 Å². The molecule has 5 heteroatoms. The first-order valence-corrected chi connectivity index (χ1v) is 5.43. The van der Waals surface area contributed by atoms with Crippen molar-refractivity contribution in [3.8, 4) is 0 Å². The SMILES string of the molecule is CN1C(=O)NC(=O)C1=Cc1ccc(Br)cc1. The van der Waals surface area contributed by atoms with Gasteiger partial charge in [-0.1, -0.05) is 28.1 Å². The average molecular weight is 281 g/mol. The fourth-order valence-electron chi connectivity index (χ4n) is 1.39. The van der Waals surface area contributed by atoms with Crippen molar-refractivity contribution in [2.24, 2.45) is 0 Å². The molecular formula is C11H9BrN2O2. The summed E-state index contributed by atoms with van der Waals surface area (Å²) in [5.41, 5.74) is 1.22. The van der Waals surface area contributed by atoms with Gasteiger partial charge in [0.2, 0.25) is 0 Å². The molecule has 3 amide bonds. The fraction of sp³-hybridized carbons (Fsp3) is 0.0909. The molecule has 1 saturated heterocycles. The minimum Gasteiger partial charge on any atom is -0.292 e. The van der Waals surface area contributed by atoms with Crippen LogP contribution in [0, 0.1) is 0 Å². The first kappa shape index (κ1) is 10.9. The predicted molar refractivity (Wildman–Crippen MR) is 63.4 cm³/mol. The molecule has 1 N–H and O–H groups in total. The Balaban J connectivity index is 2.34. The van der Waals surface area contributed by atoms with E-state index in [0.717, 1.165) is 10.0 Å². The summed E-state index contributed by atoms with van der Waals surface area (Å²) in [6.07, 6.45) is 1.67. The number of imide groups is 1. The second kappa shape index (κ2) is 4.09. The second-order valence-corrected chi connectivity index (χ2v) is 4.32. The van der Waals surface area contributed by atoms with Crippen LogP contribution in [0.2, 0.25) is 0 Å². The molecule has 1 aliphatic heterocycles. The zero-order valence-electron chi connectivity index (χ0n) is 8.53. The van der Waals surface area contributed by atoms with E-state index >= 15 is 0 Å². The summed E-state index contributed by atoms with van der Waals surface area (Å²) >= 11 is 3.33. The van der Waals surface area contributed by atoms with Crippen molar-refractivity contribution >= 4 is 33.9 Å². The molecule has 4 nitrogen and oxygen atoms in total. The highest BCUT2D eigenvalue weighted by Crippen LogP contribution is 2.17. The molecule has 0 aliphatic carbocycles. The smallest absolute Gasteiger partial charge is 0.292 e. The third kappa shape index (κ3) is 1.99. The van der Waals surface area contributed by atoms with Crippen LogP contribution >= 0.6 is 15.9 Å². The van der Waals surface area contributed by atoms with E-state index in [9.17, 15) is 9.59 Å². The van der Waals surface area contributed by atoms with Gasteiger partial charge in [0.1, 0.15) is 5.70 Å². The van der Waals surface area contributed by atoms with Crippen molar-refractivity contribution in [1.29, 1.82) is 0 Å². The average Bonchev–Trinajstić information content (AvgIpc) is 2.48. The summed E-state index contributed by atoms with van der Waals surface area (Å²) in [5.74, 6) is -0.365. The normalized spacial score (nSPS) is 18.1. The van der Waals surface area contributed by atoms with Crippen LogP contribution in [-0.2, 0) is 4.79 Å². The van der Waals surface area contributed by atoms with Crippen LogP contribution in [0.5, 0.6) is 0 Å². The van der Waals surface area contributed by atoms with Gasteiger partial charge in [-0.05, 0) is 23.8 Å². The van der Waals surface area contributed by atoms with Gasteiger partial charge in [0.05, 0.1) is 0 Å². The molecule has 1 aromatic rings. The predicted octanol–water partition coefficient (Wildman–Crippen LogP) is 1.97. The Morgan fingerprint density at radius 2 is 1.88 bits per heavy atom. The van der Waals surface area contributed by atoms with Crippen molar-refractivity contribution < 1.29 is 9.59 Å². The van der Waals surface area contributed by atoms with Crippen LogP contribution in [0.3, 0.4) is 0 Å². The number of benzene rings is 1. The van der Waals surface area contributed by atoms with Gasteiger partial charge in [-0.15, -0.1) is 0 Å². The molecule has 0 atom stereocenters. The van der Waals surface area contributed by atoms with E-state index in [1.165, 1.54) is 4.90 Å². The number of rotatable bonds is 1. The number of urea groups is 1. The Kier molecular flexibility index (Phi) is 2.78. The van der Waals surface area contributed by atoms with Gasteiger partial charge >= 0.3 is 6.03 Å². The zero-order valence-corrected chi connectivity index (χ0v) is 10.1. The topological polar surface area (TPSA) is 49.4 Å². The number of nitrogens with one attached hydrogen (secondary N) is 1. The van der Waals surface area contributed by atoms with Gasteiger partial charge in [0.25, 0.3) is 5.91 Å². The molecule has 1 aromatic carbocycles. The van der Waals surface area contributed by atoms with Gasteiger partial charge in [-0.25, -0.2) is 4.79 Å². The maximum absolute atomic E-state index is 11.4. The summed E-state index contributed by atoms with van der Waals surface area (Å²) < 4.78 is 0.968. The summed E-state index contributed by atoms with van der Waals surface area (Å²) in [7, 11) is 1.56. The number of nitrogens with zero attached hydrogens (tertiary/aromatic N) is 1. The summed E-state index contributed by atoms with van der Waals surface area (Å²) in [5, 5.41) is 2.22. The molecule has 2 rings (SSSR count). The molecule has 0 radical (unpaired) electrons.